The molecule has 152 valence electrons. The largest absolute Gasteiger partial charge is 0.454 e. The maximum absolute atomic E-state index is 13.3. The van der Waals surface area contributed by atoms with Gasteiger partial charge in [-0.15, -0.1) is 0 Å². The van der Waals surface area contributed by atoms with Gasteiger partial charge in [0.15, 0.2) is 11.5 Å². The number of anilines is 2. The number of carbonyl (C=O) groups is 2. The second-order valence-electron chi connectivity index (χ2n) is 7.86. The van der Waals surface area contributed by atoms with Crippen LogP contribution in [0.2, 0.25) is 5.02 Å². The Morgan fingerprint density at radius 1 is 1.13 bits per heavy atom. The lowest BCUT2D eigenvalue weighted by Gasteiger charge is -2.23. The van der Waals surface area contributed by atoms with Crippen molar-refractivity contribution in [3.05, 3.63) is 59.6 Å². The van der Waals surface area contributed by atoms with E-state index in [0.717, 1.165) is 5.69 Å². The zero-order chi connectivity index (χ0) is 20.5. The molecule has 4 unspecified atom stereocenters. The number of hydrogen-bond acceptors (Lipinski definition) is 5. The highest BCUT2D eigenvalue weighted by atomic mass is 35.5. The van der Waals surface area contributed by atoms with Gasteiger partial charge < -0.3 is 24.4 Å². The van der Waals surface area contributed by atoms with Gasteiger partial charge in [0.2, 0.25) is 18.6 Å². The minimum Gasteiger partial charge on any atom is -0.454 e. The fourth-order valence-corrected chi connectivity index (χ4v) is 4.96. The van der Waals surface area contributed by atoms with Crippen LogP contribution in [0.1, 0.15) is 0 Å². The van der Waals surface area contributed by atoms with Gasteiger partial charge in [-0.05, 0) is 36.4 Å². The average Bonchev–Trinajstić information content (AvgIpc) is 3.49. The lowest BCUT2D eigenvalue weighted by molar-refractivity contribution is -0.128. The zero-order valence-corrected chi connectivity index (χ0v) is 16.5. The molecule has 1 spiro atoms. The van der Waals surface area contributed by atoms with E-state index in [1.54, 1.807) is 47.4 Å². The number of nitrogens with zero attached hydrogens (tertiary/aromatic N) is 1. The summed E-state index contributed by atoms with van der Waals surface area (Å²) in [5, 5.41) is 3.51. The Bertz CT molecular complexity index is 1100. The molecular formula is C22H17ClN2O5. The van der Waals surface area contributed by atoms with Crippen molar-refractivity contribution in [2.75, 3.05) is 23.6 Å². The molecule has 4 atom stereocenters. The van der Waals surface area contributed by atoms with Crippen LogP contribution in [-0.4, -0.2) is 36.9 Å². The summed E-state index contributed by atoms with van der Waals surface area (Å²) in [7, 11) is 0. The van der Waals surface area contributed by atoms with Crippen LogP contribution >= 0.6 is 11.6 Å². The van der Waals surface area contributed by atoms with Gasteiger partial charge in [-0.25, -0.2) is 0 Å². The molecule has 2 aromatic carbocycles. The first-order valence-corrected chi connectivity index (χ1v) is 10.1. The van der Waals surface area contributed by atoms with Gasteiger partial charge in [0.25, 0.3) is 0 Å². The summed E-state index contributed by atoms with van der Waals surface area (Å²) in [6, 6.07) is 12.3. The van der Waals surface area contributed by atoms with Crippen molar-refractivity contribution in [2.24, 2.45) is 11.8 Å². The lowest BCUT2D eigenvalue weighted by Crippen LogP contribution is -2.41. The molecule has 4 aliphatic rings. The SMILES string of the molecule is O=C(Nc1ccc2c(c1)OCO2)C1C2C=CC3(CN(c4ccc(Cl)cc4)C(=O)C13)O2. The van der Waals surface area contributed by atoms with E-state index in [4.69, 9.17) is 25.8 Å². The van der Waals surface area contributed by atoms with Crippen LogP contribution in [0, 0.1) is 11.8 Å². The number of hydrogen-bond donors (Lipinski definition) is 1. The third kappa shape index (κ3) is 2.49. The van der Waals surface area contributed by atoms with E-state index in [1.165, 1.54) is 0 Å². The number of nitrogens with one attached hydrogen (secondary N) is 1. The van der Waals surface area contributed by atoms with Crippen LogP contribution in [0.25, 0.3) is 0 Å². The van der Waals surface area contributed by atoms with Gasteiger partial charge in [0, 0.05) is 22.5 Å². The molecule has 4 heterocycles. The summed E-state index contributed by atoms with van der Waals surface area (Å²) in [5.41, 5.74) is 0.548. The first-order chi connectivity index (χ1) is 14.5. The van der Waals surface area contributed by atoms with Crippen molar-refractivity contribution in [1.29, 1.82) is 0 Å². The van der Waals surface area contributed by atoms with E-state index >= 15 is 0 Å². The number of rotatable bonds is 3. The van der Waals surface area contributed by atoms with Crippen molar-refractivity contribution in [2.45, 2.75) is 11.7 Å². The van der Waals surface area contributed by atoms with Crippen LogP contribution in [0.4, 0.5) is 11.4 Å². The van der Waals surface area contributed by atoms with E-state index in [2.05, 4.69) is 5.32 Å². The molecule has 6 rings (SSSR count). The monoisotopic (exact) mass is 424 g/mol. The van der Waals surface area contributed by atoms with E-state index < -0.39 is 23.5 Å². The van der Waals surface area contributed by atoms with Crippen LogP contribution in [0.3, 0.4) is 0 Å². The summed E-state index contributed by atoms with van der Waals surface area (Å²) < 4.78 is 16.8. The van der Waals surface area contributed by atoms with Crippen LogP contribution in [0.5, 0.6) is 11.5 Å². The summed E-state index contributed by atoms with van der Waals surface area (Å²) in [6.07, 6.45) is 3.40. The molecule has 2 fully saturated rings. The minimum absolute atomic E-state index is 0.116. The lowest BCUT2D eigenvalue weighted by atomic mass is 9.77. The molecule has 0 aromatic heterocycles. The number of halogens is 1. The average molecular weight is 425 g/mol. The van der Waals surface area contributed by atoms with Gasteiger partial charge in [-0.2, -0.15) is 0 Å². The highest BCUT2D eigenvalue weighted by Crippen LogP contribution is 2.53. The smallest absolute Gasteiger partial charge is 0.234 e. The highest BCUT2D eigenvalue weighted by molar-refractivity contribution is 6.30. The second kappa shape index (κ2) is 6.23. The number of carbonyl (C=O) groups excluding carboxylic acids is 2. The molecule has 2 aromatic rings. The number of ether oxygens (including phenoxy) is 3. The van der Waals surface area contributed by atoms with Crippen LogP contribution < -0.4 is 19.7 Å². The fourth-order valence-electron chi connectivity index (χ4n) is 4.84. The molecule has 2 saturated heterocycles. The van der Waals surface area contributed by atoms with Crippen molar-refractivity contribution in [3.8, 4) is 11.5 Å². The minimum atomic E-state index is -0.779. The Labute approximate surface area is 177 Å². The number of amides is 2. The predicted octanol–water partition coefficient (Wildman–Crippen LogP) is 2.99. The van der Waals surface area contributed by atoms with Crippen molar-refractivity contribution in [3.63, 3.8) is 0 Å². The van der Waals surface area contributed by atoms with Gasteiger partial charge in [-0.1, -0.05) is 23.8 Å². The first kappa shape index (κ1) is 17.8. The number of benzene rings is 2. The summed E-state index contributed by atoms with van der Waals surface area (Å²) in [6.45, 7) is 0.536. The quantitative estimate of drug-likeness (QED) is 0.766. The van der Waals surface area contributed by atoms with E-state index in [1.807, 2.05) is 12.2 Å². The topological polar surface area (TPSA) is 77.1 Å². The second-order valence-corrected chi connectivity index (χ2v) is 8.29. The molecule has 1 N–H and O–H groups in total. The Hall–Kier alpha value is -3.03. The molecule has 2 bridgehead atoms. The Morgan fingerprint density at radius 2 is 1.93 bits per heavy atom. The molecule has 0 saturated carbocycles. The van der Waals surface area contributed by atoms with Crippen molar-refractivity contribution in [1.82, 2.24) is 0 Å². The van der Waals surface area contributed by atoms with Gasteiger partial charge in [0.05, 0.1) is 24.5 Å². The fraction of sp³-hybridized carbons (Fsp3) is 0.273. The maximum atomic E-state index is 13.3. The van der Waals surface area contributed by atoms with E-state index in [-0.39, 0.29) is 18.6 Å². The molecule has 4 aliphatic heterocycles. The van der Waals surface area contributed by atoms with Crippen LogP contribution in [0.15, 0.2) is 54.6 Å². The highest BCUT2D eigenvalue weighted by Gasteiger charge is 2.67. The Balaban J connectivity index is 1.28. The Kier molecular flexibility index (Phi) is 3.70. The normalized spacial score (nSPS) is 30.1. The van der Waals surface area contributed by atoms with Crippen LogP contribution in [-0.2, 0) is 14.3 Å². The van der Waals surface area contributed by atoms with E-state index in [0.29, 0.717) is 28.8 Å². The third-order valence-corrected chi connectivity index (χ3v) is 6.43. The molecule has 0 aliphatic carbocycles. The van der Waals surface area contributed by atoms with Gasteiger partial charge in [-0.3, -0.25) is 9.59 Å². The molecule has 2 amide bonds. The summed E-state index contributed by atoms with van der Waals surface area (Å²) in [4.78, 5) is 28.2. The van der Waals surface area contributed by atoms with E-state index in [9.17, 15) is 9.59 Å². The summed E-state index contributed by atoms with van der Waals surface area (Å²) >= 11 is 5.98. The van der Waals surface area contributed by atoms with Crippen molar-refractivity contribution < 1.29 is 23.8 Å². The molecular weight excluding hydrogens is 408 g/mol. The first-order valence-electron chi connectivity index (χ1n) is 9.69. The molecule has 7 nitrogen and oxygen atoms in total. The Morgan fingerprint density at radius 3 is 2.77 bits per heavy atom. The standard InChI is InChI=1S/C22H17ClN2O5/c23-12-1-4-14(5-2-12)25-10-22-8-7-16(30-22)18(19(22)21(25)27)20(26)24-13-3-6-15-17(9-13)29-11-28-15/h1-9,16,18-19H,10-11H2,(H,24,26). The summed E-state index contributed by atoms with van der Waals surface area (Å²) in [5.74, 6) is -0.319. The molecule has 30 heavy (non-hydrogen) atoms. The van der Waals surface area contributed by atoms with Gasteiger partial charge in [0.1, 0.15) is 5.60 Å². The zero-order valence-electron chi connectivity index (χ0n) is 15.7. The number of fused-ring (bicyclic) bond motifs is 2. The maximum Gasteiger partial charge on any atom is 0.234 e. The van der Waals surface area contributed by atoms with Crippen molar-refractivity contribution >= 4 is 34.8 Å². The molecule has 0 radical (unpaired) electrons. The predicted molar refractivity (Wildman–Crippen MR) is 109 cm³/mol. The van der Waals surface area contributed by atoms with Gasteiger partial charge >= 0.3 is 0 Å². The third-order valence-electron chi connectivity index (χ3n) is 6.18. The molecule has 8 heteroatoms.